The van der Waals surface area contributed by atoms with Crippen molar-refractivity contribution >= 4 is 27.5 Å². The van der Waals surface area contributed by atoms with Crippen LogP contribution in [0.4, 0.5) is 0 Å². The molecule has 0 saturated heterocycles. The van der Waals surface area contributed by atoms with Gasteiger partial charge in [0.25, 0.3) is 0 Å². The fourth-order valence-electron chi connectivity index (χ4n) is 7.14. The third-order valence-electron chi connectivity index (χ3n) is 9.63. The summed E-state index contributed by atoms with van der Waals surface area (Å²) in [6, 6.07) is 58.7. The Kier molecular flexibility index (Phi) is 7.03. The minimum Gasteiger partial charge on any atom is -0.309 e. The van der Waals surface area contributed by atoms with Gasteiger partial charge in [0.1, 0.15) is 5.65 Å². The highest BCUT2D eigenvalue weighted by molar-refractivity contribution is 6.10. The van der Waals surface area contributed by atoms with Crippen molar-refractivity contribution in [1.29, 1.82) is 0 Å². The highest BCUT2D eigenvalue weighted by Gasteiger charge is 2.17. The van der Waals surface area contributed by atoms with Crippen LogP contribution in [-0.2, 0) is 0 Å². The molecule has 0 atom stereocenters. The second-order valence-corrected chi connectivity index (χ2v) is 12.8. The van der Waals surface area contributed by atoms with Gasteiger partial charge in [0.05, 0.1) is 16.7 Å². The van der Waals surface area contributed by atoms with Crippen LogP contribution >= 0.6 is 0 Å². The fraction of sp³-hybridized carbons (Fsp3) is 0. The Morgan fingerprint density at radius 3 is 1.63 bits per heavy atom. The average molecular weight is 667 g/mol. The van der Waals surface area contributed by atoms with E-state index in [2.05, 4.69) is 106 Å². The molecule has 6 nitrogen and oxygen atoms in total. The van der Waals surface area contributed by atoms with Gasteiger partial charge < -0.3 is 8.97 Å². The predicted molar refractivity (Wildman–Crippen MR) is 210 cm³/mol. The van der Waals surface area contributed by atoms with Gasteiger partial charge in [0.15, 0.2) is 17.5 Å². The zero-order valence-corrected chi connectivity index (χ0v) is 28.0. The van der Waals surface area contributed by atoms with Gasteiger partial charge in [0.2, 0.25) is 0 Å². The van der Waals surface area contributed by atoms with Crippen LogP contribution in [0.15, 0.2) is 182 Å². The van der Waals surface area contributed by atoms with E-state index in [1.165, 1.54) is 10.8 Å². The van der Waals surface area contributed by atoms with Gasteiger partial charge in [-0.05, 0) is 59.7 Å². The molecule has 10 rings (SSSR count). The van der Waals surface area contributed by atoms with Crippen LogP contribution < -0.4 is 0 Å². The molecular weight excluding hydrogens is 637 g/mol. The maximum absolute atomic E-state index is 4.95. The molecule has 4 heterocycles. The van der Waals surface area contributed by atoms with Crippen LogP contribution in [0, 0.1) is 0 Å². The summed E-state index contributed by atoms with van der Waals surface area (Å²) in [5.74, 6) is 1.92. The molecule has 0 spiro atoms. The van der Waals surface area contributed by atoms with Gasteiger partial charge in [-0.25, -0.2) is 19.9 Å². The first-order valence-electron chi connectivity index (χ1n) is 17.3. The van der Waals surface area contributed by atoms with E-state index >= 15 is 0 Å². The van der Waals surface area contributed by atoms with Crippen molar-refractivity contribution < 1.29 is 0 Å². The number of hydrogen-bond acceptors (Lipinski definition) is 4. The summed E-state index contributed by atoms with van der Waals surface area (Å²) < 4.78 is 4.42. The van der Waals surface area contributed by atoms with E-state index in [-0.39, 0.29) is 0 Å². The molecule has 0 amide bonds. The van der Waals surface area contributed by atoms with Gasteiger partial charge >= 0.3 is 0 Å². The number of pyridine rings is 1. The molecule has 0 radical (unpaired) electrons. The number of hydrogen-bond donors (Lipinski definition) is 0. The predicted octanol–water partition coefficient (Wildman–Crippen LogP) is 11.0. The molecule has 0 fully saturated rings. The number of benzene rings is 6. The van der Waals surface area contributed by atoms with Gasteiger partial charge in [0, 0.05) is 51.1 Å². The van der Waals surface area contributed by atoms with Crippen molar-refractivity contribution in [3.8, 4) is 62.2 Å². The molecule has 0 saturated carbocycles. The van der Waals surface area contributed by atoms with E-state index in [0.29, 0.717) is 17.5 Å². The smallest absolute Gasteiger partial charge is 0.164 e. The van der Waals surface area contributed by atoms with Crippen molar-refractivity contribution in [1.82, 2.24) is 28.9 Å². The molecule has 4 aromatic heterocycles. The molecule has 52 heavy (non-hydrogen) atoms. The summed E-state index contributed by atoms with van der Waals surface area (Å²) in [4.78, 5) is 19.7. The zero-order chi connectivity index (χ0) is 34.4. The molecule has 244 valence electrons. The van der Waals surface area contributed by atoms with Gasteiger partial charge in [-0.2, -0.15) is 0 Å². The molecule has 0 N–H and O–H groups in total. The first-order valence-corrected chi connectivity index (χ1v) is 17.3. The van der Waals surface area contributed by atoms with Gasteiger partial charge in [-0.1, -0.05) is 121 Å². The van der Waals surface area contributed by atoms with E-state index in [1.54, 1.807) is 0 Å². The second-order valence-electron chi connectivity index (χ2n) is 12.8. The van der Waals surface area contributed by atoms with Crippen LogP contribution in [0.3, 0.4) is 0 Å². The highest BCUT2D eigenvalue weighted by Crippen LogP contribution is 2.38. The first-order chi connectivity index (χ1) is 25.8. The highest BCUT2D eigenvalue weighted by atomic mass is 15.0. The van der Waals surface area contributed by atoms with Gasteiger partial charge in [-0.3, -0.25) is 0 Å². The number of imidazole rings is 1. The lowest BCUT2D eigenvalue weighted by atomic mass is 9.97. The molecule has 0 aliphatic heterocycles. The van der Waals surface area contributed by atoms with E-state index in [9.17, 15) is 0 Å². The van der Waals surface area contributed by atoms with E-state index in [4.69, 9.17) is 19.9 Å². The molecule has 0 aliphatic carbocycles. The number of fused-ring (bicyclic) bond motifs is 4. The number of aromatic nitrogens is 6. The summed E-state index contributed by atoms with van der Waals surface area (Å²) in [5.41, 5.74) is 11.4. The van der Waals surface area contributed by atoms with Crippen molar-refractivity contribution in [3.05, 3.63) is 182 Å². The molecule has 10 aromatic rings. The van der Waals surface area contributed by atoms with E-state index in [0.717, 1.165) is 61.4 Å². The SMILES string of the molecule is c1ccc(-c2nc(-c3ccccc3)nc(-c3ccc(-n4c5ccccc5c5ccc(-c6ccccc6-c6cn7ccccc7n6)cc54)cc3)n2)cc1. The van der Waals surface area contributed by atoms with Crippen molar-refractivity contribution in [3.63, 3.8) is 0 Å². The molecule has 0 unspecified atom stereocenters. The maximum Gasteiger partial charge on any atom is 0.164 e. The Bertz CT molecular complexity index is 2800. The summed E-state index contributed by atoms with van der Waals surface area (Å²) >= 11 is 0. The standard InChI is InChI=1S/C46H30N6/c1-3-13-31(14-4-1)44-48-45(32-15-5-2-6-16-32)50-46(49-44)33-22-25-35(26-23-33)52-41-20-10-9-19-38(41)39-27-24-34(29-42(39)52)36-17-7-8-18-37(36)40-30-51-28-12-11-21-43(51)47-40/h1-30H. The summed E-state index contributed by atoms with van der Waals surface area (Å²) in [7, 11) is 0. The Morgan fingerprint density at radius 1 is 0.385 bits per heavy atom. The maximum atomic E-state index is 4.95. The zero-order valence-electron chi connectivity index (χ0n) is 28.0. The van der Waals surface area contributed by atoms with E-state index < -0.39 is 0 Å². The van der Waals surface area contributed by atoms with Crippen molar-refractivity contribution in [2.24, 2.45) is 0 Å². The number of para-hydroxylation sites is 1. The van der Waals surface area contributed by atoms with Crippen LogP contribution in [-0.4, -0.2) is 28.9 Å². The van der Waals surface area contributed by atoms with Crippen LogP contribution in [0.25, 0.3) is 89.7 Å². The molecule has 0 aliphatic rings. The normalized spacial score (nSPS) is 11.5. The van der Waals surface area contributed by atoms with Crippen molar-refractivity contribution in [2.75, 3.05) is 0 Å². The minimum atomic E-state index is 0.632. The van der Waals surface area contributed by atoms with Crippen LogP contribution in [0.1, 0.15) is 0 Å². The summed E-state index contributed by atoms with van der Waals surface area (Å²) in [6.45, 7) is 0. The second kappa shape index (κ2) is 12.3. The first kappa shape index (κ1) is 29.7. The number of nitrogens with zero attached hydrogens (tertiary/aromatic N) is 6. The topological polar surface area (TPSA) is 60.9 Å². The Balaban J connectivity index is 1.10. The lowest BCUT2D eigenvalue weighted by Crippen LogP contribution is -2.00. The molecule has 6 aromatic carbocycles. The summed E-state index contributed by atoms with van der Waals surface area (Å²) in [6.07, 6.45) is 4.14. The van der Waals surface area contributed by atoms with Crippen LogP contribution in [0.2, 0.25) is 0 Å². The van der Waals surface area contributed by atoms with Crippen LogP contribution in [0.5, 0.6) is 0 Å². The fourth-order valence-corrected chi connectivity index (χ4v) is 7.14. The minimum absolute atomic E-state index is 0.632. The molecule has 6 heteroatoms. The summed E-state index contributed by atoms with van der Waals surface area (Å²) in [5, 5.41) is 2.41. The quantitative estimate of drug-likeness (QED) is 0.177. The van der Waals surface area contributed by atoms with Gasteiger partial charge in [-0.15, -0.1) is 0 Å². The lowest BCUT2D eigenvalue weighted by Gasteiger charge is -2.12. The Hall–Kier alpha value is -7.18. The molecule has 0 bridgehead atoms. The van der Waals surface area contributed by atoms with Crippen molar-refractivity contribution in [2.45, 2.75) is 0 Å². The molecular formula is C46H30N6. The average Bonchev–Trinajstić information content (AvgIpc) is 3.81. The third-order valence-corrected chi connectivity index (χ3v) is 9.63. The van der Waals surface area contributed by atoms with E-state index in [1.807, 2.05) is 85.1 Å². The third kappa shape index (κ3) is 5.13. The number of rotatable bonds is 6. The monoisotopic (exact) mass is 666 g/mol. The Labute approximate surface area is 300 Å². The largest absolute Gasteiger partial charge is 0.309 e. The lowest BCUT2D eigenvalue weighted by molar-refractivity contribution is 1.07. The Morgan fingerprint density at radius 2 is 0.942 bits per heavy atom.